The quantitative estimate of drug-likeness (QED) is 0.659. The van der Waals surface area contributed by atoms with Gasteiger partial charge in [-0.15, -0.1) is 0 Å². The number of amides is 2. The number of ether oxygens (including phenoxy) is 1. The Bertz CT molecular complexity index is 1100. The number of rotatable bonds is 3. The van der Waals surface area contributed by atoms with Crippen molar-refractivity contribution >= 4 is 12.0 Å². The van der Waals surface area contributed by atoms with Crippen LogP contribution in [0.25, 0.3) is 0 Å². The molecule has 188 valence electrons. The number of alkyl carbamates (subject to hydrolysis) is 1. The number of carbonyl (C=O) groups is 2. The van der Waals surface area contributed by atoms with Crippen molar-refractivity contribution in [3.05, 3.63) is 65.0 Å². The molecule has 0 bridgehead atoms. The van der Waals surface area contributed by atoms with Crippen LogP contribution < -0.4 is 5.32 Å². The predicted molar refractivity (Wildman–Crippen MR) is 123 cm³/mol. The van der Waals surface area contributed by atoms with Gasteiger partial charge in [0.15, 0.2) is 0 Å². The predicted octanol–water partition coefficient (Wildman–Crippen LogP) is 5.00. The minimum Gasteiger partial charge on any atom is -0.444 e. The lowest BCUT2D eigenvalue weighted by Gasteiger charge is -2.37. The summed E-state index contributed by atoms with van der Waals surface area (Å²) in [6.07, 6.45) is -1.51. The van der Waals surface area contributed by atoms with Crippen molar-refractivity contribution in [1.82, 2.24) is 15.2 Å². The van der Waals surface area contributed by atoms with Crippen LogP contribution in [0.1, 0.15) is 62.4 Å². The summed E-state index contributed by atoms with van der Waals surface area (Å²) >= 11 is 0. The number of nitrogens with one attached hydrogen (secondary N) is 1. The van der Waals surface area contributed by atoms with Gasteiger partial charge in [-0.2, -0.15) is 13.2 Å². The topological polar surface area (TPSA) is 71.5 Å². The fraction of sp³-hybridized carbons (Fsp3) is 0.500. The second-order valence-electron chi connectivity index (χ2n) is 10.3. The number of halogens is 3. The van der Waals surface area contributed by atoms with Crippen LogP contribution in [0.3, 0.4) is 0 Å². The molecule has 2 atom stereocenters. The van der Waals surface area contributed by atoms with Crippen LogP contribution in [0.4, 0.5) is 18.0 Å². The van der Waals surface area contributed by atoms with E-state index in [1.807, 2.05) is 6.07 Å². The molecule has 2 unspecified atom stereocenters. The van der Waals surface area contributed by atoms with Crippen LogP contribution in [0, 0.1) is 0 Å². The first-order valence-corrected chi connectivity index (χ1v) is 11.8. The Balaban J connectivity index is 1.58. The number of fused-ring (bicyclic) bond motifs is 1. The van der Waals surface area contributed by atoms with Crippen LogP contribution in [0.2, 0.25) is 0 Å². The summed E-state index contributed by atoms with van der Waals surface area (Å²) in [5.41, 5.74) is -0.393. The molecule has 4 rings (SSSR count). The van der Waals surface area contributed by atoms with Gasteiger partial charge in [-0.3, -0.25) is 9.78 Å². The van der Waals surface area contributed by atoms with Gasteiger partial charge in [0.25, 0.3) is 0 Å². The van der Waals surface area contributed by atoms with Gasteiger partial charge in [0.1, 0.15) is 5.60 Å². The van der Waals surface area contributed by atoms with Gasteiger partial charge in [0.05, 0.1) is 16.7 Å². The highest BCUT2D eigenvalue weighted by Crippen LogP contribution is 2.43. The van der Waals surface area contributed by atoms with Crippen molar-refractivity contribution in [2.24, 2.45) is 0 Å². The zero-order valence-corrected chi connectivity index (χ0v) is 20.1. The molecule has 1 fully saturated rings. The second-order valence-corrected chi connectivity index (χ2v) is 10.3. The minimum absolute atomic E-state index is 0.108. The zero-order chi connectivity index (χ0) is 25.4. The van der Waals surface area contributed by atoms with Crippen LogP contribution >= 0.6 is 0 Å². The Labute approximate surface area is 202 Å². The Hall–Kier alpha value is -3.10. The highest BCUT2D eigenvalue weighted by Gasteiger charge is 2.50. The summed E-state index contributed by atoms with van der Waals surface area (Å²) < 4.78 is 45.1. The van der Waals surface area contributed by atoms with E-state index < -0.39 is 28.8 Å². The number of hydrogen-bond donors (Lipinski definition) is 1. The highest BCUT2D eigenvalue weighted by atomic mass is 19.4. The van der Waals surface area contributed by atoms with Gasteiger partial charge in [-0.05, 0) is 81.8 Å². The first-order valence-electron chi connectivity index (χ1n) is 11.8. The van der Waals surface area contributed by atoms with E-state index >= 15 is 0 Å². The fourth-order valence-corrected chi connectivity index (χ4v) is 5.03. The molecule has 2 aromatic rings. The molecule has 0 spiro atoms. The molecule has 2 heterocycles. The van der Waals surface area contributed by atoms with Crippen LogP contribution in [0.5, 0.6) is 0 Å². The van der Waals surface area contributed by atoms with Crippen molar-refractivity contribution < 1.29 is 27.5 Å². The maximum Gasteiger partial charge on any atom is 0.416 e. The van der Waals surface area contributed by atoms with E-state index in [2.05, 4.69) is 10.3 Å². The molecule has 1 aromatic heterocycles. The number of alkyl halides is 3. The van der Waals surface area contributed by atoms with E-state index in [1.54, 1.807) is 44.0 Å². The number of benzene rings is 1. The Kier molecular flexibility index (Phi) is 6.55. The molecule has 0 saturated heterocycles. The maximum absolute atomic E-state index is 14.0. The molecule has 1 saturated carbocycles. The first kappa shape index (κ1) is 25.0. The van der Waals surface area contributed by atoms with E-state index in [0.717, 1.165) is 17.7 Å². The maximum atomic E-state index is 14.0. The van der Waals surface area contributed by atoms with E-state index in [0.29, 0.717) is 43.5 Å². The van der Waals surface area contributed by atoms with Gasteiger partial charge < -0.3 is 15.0 Å². The molecular weight excluding hydrogens is 459 g/mol. The fourth-order valence-electron chi connectivity index (χ4n) is 5.03. The van der Waals surface area contributed by atoms with Crippen molar-refractivity contribution in [2.45, 2.75) is 76.2 Å². The van der Waals surface area contributed by atoms with Crippen molar-refractivity contribution in [3.8, 4) is 0 Å². The van der Waals surface area contributed by atoms with E-state index in [4.69, 9.17) is 4.74 Å². The third-order valence-electron chi connectivity index (χ3n) is 6.63. The van der Waals surface area contributed by atoms with Gasteiger partial charge in [-0.1, -0.05) is 12.1 Å². The standard InChI is InChI=1S/C26H30F3N3O3/c1-24(2,3)35-23(34)31-20-9-11-25(15-20,21-6-4-5-12-30-21)22(33)32-13-10-17-7-8-19(26(27,28)29)14-18(17)16-32/h4-8,12,14,20H,9-11,13,15-16H2,1-3H3,(H,31,34). The molecule has 1 aromatic carbocycles. The largest absolute Gasteiger partial charge is 0.444 e. The molecule has 6 nitrogen and oxygen atoms in total. The van der Waals surface area contributed by atoms with Crippen molar-refractivity contribution in [1.29, 1.82) is 0 Å². The van der Waals surface area contributed by atoms with E-state index in [9.17, 15) is 22.8 Å². The summed E-state index contributed by atoms with van der Waals surface area (Å²) in [6.45, 7) is 5.86. The summed E-state index contributed by atoms with van der Waals surface area (Å²) in [5.74, 6) is -0.173. The second kappa shape index (κ2) is 9.17. The average Bonchev–Trinajstić information content (AvgIpc) is 3.21. The van der Waals surface area contributed by atoms with Crippen molar-refractivity contribution in [2.75, 3.05) is 6.54 Å². The van der Waals surface area contributed by atoms with E-state index in [-0.39, 0.29) is 18.5 Å². The summed E-state index contributed by atoms with van der Waals surface area (Å²) in [7, 11) is 0. The monoisotopic (exact) mass is 489 g/mol. The molecule has 0 radical (unpaired) electrons. The number of hydrogen-bond acceptors (Lipinski definition) is 4. The van der Waals surface area contributed by atoms with Gasteiger partial charge >= 0.3 is 12.3 Å². The normalized spacial score (nSPS) is 22.5. The van der Waals surface area contributed by atoms with Gasteiger partial charge in [0.2, 0.25) is 5.91 Å². The van der Waals surface area contributed by atoms with Crippen LogP contribution in [-0.4, -0.2) is 40.1 Å². The SMILES string of the molecule is CC(C)(C)OC(=O)NC1CCC(C(=O)N2CCc3ccc(C(F)(F)F)cc3C2)(c2ccccn2)C1. The molecular formula is C26H30F3N3O3. The summed E-state index contributed by atoms with van der Waals surface area (Å²) in [4.78, 5) is 32.4. The number of nitrogens with zero attached hydrogens (tertiary/aromatic N) is 2. The molecule has 2 amide bonds. The number of aromatic nitrogens is 1. The highest BCUT2D eigenvalue weighted by molar-refractivity contribution is 5.88. The molecule has 9 heteroatoms. The molecule has 1 aliphatic heterocycles. The first-order chi connectivity index (χ1) is 16.4. The Morgan fingerprint density at radius 1 is 1.14 bits per heavy atom. The minimum atomic E-state index is -4.44. The third kappa shape index (κ3) is 5.44. The lowest BCUT2D eigenvalue weighted by Crippen LogP contribution is -2.49. The number of carbonyl (C=O) groups excluding carboxylic acids is 2. The average molecular weight is 490 g/mol. The molecule has 2 aliphatic rings. The Morgan fingerprint density at radius 3 is 2.57 bits per heavy atom. The van der Waals surface area contributed by atoms with Crippen LogP contribution in [0.15, 0.2) is 42.6 Å². The van der Waals surface area contributed by atoms with E-state index in [1.165, 1.54) is 6.07 Å². The lowest BCUT2D eigenvalue weighted by atomic mass is 9.79. The van der Waals surface area contributed by atoms with Crippen molar-refractivity contribution in [3.63, 3.8) is 0 Å². The van der Waals surface area contributed by atoms with Gasteiger partial charge in [0, 0.05) is 25.3 Å². The summed E-state index contributed by atoms with van der Waals surface area (Å²) in [6, 6.07) is 8.83. The zero-order valence-electron chi connectivity index (χ0n) is 20.1. The van der Waals surface area contributed by atoms with Crippen LogP contribution in [-0.2, 0) is 34.1 Å². The third-order valence-corrected chi connectivity index (χ3v) is 6.63. The summed E-state index contributed by atoms with van der Waals surface area (Å²) in [5, 5.41) is 2.87. The smallest absolute Gasteiger partial charge is 0.416 e. The molecule has 35 heavy (non-hydrogen) atoms. The Morgan fingerprint density at radius 2 is 1.91 bits per heavy atom. The molecule has 1 aliphatic carbocycles. The molecule has 1 N–H and O–H groups in total. The number of pyridine rings is 1. The van der Waals surface area contributed by atoms with Gasteiger partial charge in [-0.25, -0.2) is 4.79 Å². The lowest BCUT2D eigenvalue weighted by molar-refractivity contribution is -0.138.